The van der Waals surface area contributed by atoms with E-state index in [9.17, 15) is 9.90 Å². The standard InChI is InChI=1S/C18H26N2O3/c1-13-17(19-9-11-23-13)18(22)20-10-5-8-15(20)12-16(21)14-6-3-2-4-7-14/h2-4,6-7,13,15-17,19,21H,5,8-12H2,1H3/t13-,15?,16?,17+/m1/s1. The zero-order chi connectivity index (χ0) is 16.2. The van der Waals surface area contributed by atoms with Crippen LogP contribution in [0.5, 0.6) is 0 Å². The van der Waals surface area contributed by atoms with Gasteiger partial charge in [-0.15, -0.1) is 0 Å². The Morgan fingerprint density at radius 2 is 2.22 bits per heavy atom. The summed E-state index contributed by atoms with van der Waals surface area (Å²) in [5.41, 5.74) is 0.916. The van der Waals surface area contributed by atoms with Crippen LogP contribution in [0.1, 0.15) is 37.9 Å². The van der Waals surface area contributed by atoms with Crippen LogP contribution in [0, 0.1) is 0 Å². The second kappa shape index (κ2) is 7.43. The van der Waals surface area contributed by atoms with E-state index in [4.69, 9.17) is 4.74 Å². The number of carbonyl (C=O) groups excluding carboxylic acids is 1. The fourth-order valence-electron chi connectivity index (χ4n) is 3.63. The van der Waals surface area contributed by atoms with Crippen molar-refractivity contribution in [1.29, 1.82) is 0 Å². The lowest BCUT2D eigenvalue weighted by Gasteiger charge is -2.35. The Balaban J connectivity index is 1.64. The van der Waals surface area contributed by atoms with Crippen molar-refractivity contribution in [3.8, 4) is 0 Å². The summed E-state index contributed by atoms with van der Waals surface area (Å²) in [7, 11) is 0. The molecule has 0 spiro atoms. The first-order chi connectivity index (χ1) is 11.2. The lowest BCUT2D eigenvalue weighted by molar-refractivity contribution is -0.140. The lowest BCUT2D eigenvalue weighted by Crippen LogP contribution is -2.57. The molecule has 1 aromatic carbocycles. The maximum atomic E-state index is 12.8. The number of morpholine rings is 1. The van der Waals surface area contributed by atoms with Gasteiger partial charge in [0.15, 0.2) is 0 Å². The van der Waals surface area contributed by atoms with E-state index in [2.05, 4.69) is 5.32 Å². The number of hydrogen-bond donors (Lipinski definition) is 2. The van der Waals surface area contributed by atoms with Crippen molar-refractivity contribution in [1.82, 2.24) is 10.2 Å². The highest BCUT2D eigenvalue weighted by Crippen LogP contribution is 2.28. The summed E-state index contributed by atoms with van der Waals surface area (Å²) in [6.07, 6.45) is 1.92. The number of ether oxygens (including phenoxy) is 1. The maximum Gasteiger partial charge on any atom is 0.242 e. The van der Waals surface area contributed by atoms with Crippen LogP contribution < -0.4 is 5.32 Å². The van der Waals surface area contributed by atoms with Crippen molar-refractivity contribution in [2.75, 3.05) is 19.7 Å². The number of amides is 1. The van der Waals surface area contributed by atoms with Gasteiger partial charge < -0.3 is 20.1 Å². The van der Waals surface area contributed by atoms with Gasteiger partial charge in [0, 0.05) is 19.1 Å². The highest BCUT2D eigenvalue weighted by Gasteiger charge is 2.37. The molecular weight excluding hydrogens is 292 g/mol. The molecule has 2 aliphatic rings. The first-order valence-electron chi connectivity index (χ1n) is 8.55. The van der Waals surface area contributed by atoms with Crippen LogP contribution in [0.3, 0.4) is 0 Å². The fraction of sp³-hybridized carbons (Fsp3) is 0.611. The Morgan fingerprint density at radius 1 is 1.43 bits per heavy atom. The predicted octanol–water partition coefficient (Wildman–Crippen LogP) is 1.48. The molecule has 0 aromatic heterocycles. The van der Waals surface area contributed by atoms with Crippen LogP contribution in [-0.4, -0.2) is 53.8 Å². The van der Waals surface area contributed by atoms with Crippen molar-refractivity contribution in [3.63, 3.8) is 0 Å². The minimum atomic E-state index is -0.525. The number of carbonyl (C=O) groups is 1. The van der Waals surface area contributed by atoms with E-state index in [1.165, 1.54) is 0 Å². The molecule has 2 N–H and O–H groups in total. The molecule has 3 rings (SSSR count). The molecule has 2 saturated heterocycles. The number of rotatable bonds is 4. The number of aliphatic hydroxyl groups excluding tert-OH is 1. The zero-order valence-corrected chi connectivity index (χ0v) is 13.6. The van der Waals surface area contributed by atoms with Gasteiger partial charge in [0.25, 0.3) is 0 Å². The van der Waals surface area contributed by atoms with Crippen LogP contribution in [0.15, 0.2) is 30.3 Å². The smallest absolute Gasteiger partial charge is 0.242 e. The van der Waals surface area contributed by atoms with E-state index >= 15 is 0 Å². The van der Waals surface area contributed by atoms with Gasteiger partial charge in [-0.3, -0.25) is 4.79 Å². The maximum absolute atomic E-state index is 12.8. The Bertz CT molecular complexity index is 522. The normalized spacial score (nSPS) is 29.5. The van der Waals surface area contributed by atoms with Gasteiger partial charge in [-0.2, -0.15) is 0 Å². The summed E-state index contributed by atoms with van der Waals surface area (Å²) in [4.78, 5) is 14.8. The average Bonchev–Trinajstić information content (AvgIpc) is 3.03. The van der Waals surface area contributed by atoms with Gasteiger partial charge in [0.2, 0.25) is 5.91 Å². The number of likely N-dealkylation sites (tertiary alicyclic amines) is 1. The largest absolute Gasteiger partial charge is 0.388 e. The average molecular weight is 318 g/mol. The molecule has 5 nitrogen and oxygen atoms in total. The second-order valence-electron chi connectivity index (χ2n) is 6.50. The molecule has 2 aliphatic heterocycles. The van der Waals surface area contributed by atoms with E-state index in [1.807, 2.05) is 42.2 Å². The lowest BCUT2D eigenvalue weighted by atomic mass is 10.00. The first kappa shape index (κ1) is 16.4. The van der Waals surface area contributed by atoms with E-state index in [0.29, 0.717) is 19.6 Å². The monoisotopic (exact) mass is 318 g/mol. The van der Waals surface area contributed by atoms with Crippen LogP contribution in [0.25, 0.3) is 0 Å². The summed E-state index contributed by atoms with van der Waals surface area (Å²) in [6, 6.07) is 9.51. The topological polar surface area (TPSA) is 61.8 Å². The highest BCUT2D eigenvalue weighted by molar-refractivity contribution is 5.83. The van der Waals surface area contributed by atoms with Crippen molar-refractivity contribution >= 4 is 5.91 Å². The van der Waals surface area contributed by atoms with E-state index < -0.39 is 6.10 Å². The Labute approximate surface area is 137 Å². The zero-order valence-electron chi connectivity index (χ0n) is 13.6. The van der Waals surface area contributed by atoms with Gasteiger partial charge in [-0.1, -0.05) is 30.3 Å². The summed E-state index contributed by atoms with van der Waals surface area (Å²) in [5.74, 6) is 0.111. The molecule has 2 fully saturated rings. The van der Waals surface area contributed by atoms with E-state index in [0.717, 1.165) is 24.9 Å². The molecule has 0 saturated carbocycles. The number of aliphatic hydroxyl groups is 1. The van der Waals surface area contributed by atoms with Crippen LogP contribution in [0.2, 0.25) is 0 Å². The molecule has 5 heteroatoms. The minimum Gasteiger partial charge on any atom is -0.388 e. The molecular formula is C18H26N2O3. The molecule has 2 heterocycles. The molecule has 126 valence electrons. The van der Waals surface area contributed by atoms with Crippen LogP contribution in [-0.2, 0) is 9.53 Å². The quantitative estimate of drug-likeness (QED) is 0.883. The minimum absolute atomic E-state index is 0.100. The molecule has 1 amide bonds. The Kier molecular flexibility index (Phi) is 5.30. The van der Waals surface area contributed by atoms with Gasteiger partial charge in [0.1, 0.15) is 6.04 Å². The Morgan fingerprint density at radius 3 is 2.96 bits per heavy atom. The highest BCUT2D eigenvalue weighted by atomic mass is 16.5. The fourth-order valence-corrected chi connectivity index (χ4v) is 3.63. The number of nitrogens with zero attached hydrogens (tertiary/aromatic N) is 1. The predicted molar refractivity (Wildman–Crippen MR) is 88.0 cm³/mol. The summed E-state index contributed by atoms with van der Waals surface area (Å²) >= 11 is 0. The molecule has 0 radical (unpaired) electrons. The van der Waals surface area contributed by atoms with Crippen LogP contribution >= 0.6 is 0 Å². The van der Waals surface area contributed by atoms with Crippen molar-refractivity contribution in [2.24, 2.45) is 0 Å². The molecule has 0 bridgehead atoms. The van der Waals surface area contributed by atoms with Crippen LogP contribution in [0.4, 0.5) is 0 Å². The molecule has 4 atom stereocenters. The third-order valence-corrected chi connectivity index (χ3v) is 4.92. The molecule has 2 unspecified atom stereocenters. The number of nitrogens with one attached hydrogen (secondary N) is 1. The third-order valence-electron chi connectivity index (χ3n) is 4.92. The van der Waals surface area contributed by atoms with Gasteiger partial charge in [0.05, 0.1) is 18.8 Å². The SMILES string of the molecule is C[C@H]1OCCN[C@@H]1C(=O)N1CCCC1CC(O)c1ccccc1. The number of hydrogen-bond acceptors (Lipinski definition) is 4. The van der Waals surface area contributed by atoms with E-state index in [1.54, 1.807) is 0 Å². The summed E-state index contributed by atoms with van der Waals surface area (Å²) in [6.45, 7) is 4.08. The molecule has 0 aliphatic carbocycles. The van der Waals surface area contributed by atoms with E-state index in [-0.39, 0.29) is 24.1 Å². The van der Waals surface area contributed by atoms with Gasteiger partial charge in [-0.05, 0) is 31.7 Å². The molecule has 23 heavy (non-hydrogen) atoms. The Hall–Kier alpha value is -1.43. The molecule has 1 aromatic rings. The first-order valence-corrected chi connectivity index (χ1v) is 8.55. The van der Waals surface area contributed by atoms with Crippen molar-refractivity contribution in [3.05, 3.63) is 35.9 Å². The second-order valence-corrected chi connectivity index (χ2v) is 6.50. The van der Waals surface area contributed by atoms with Crippen molar-refractivity contribution < 1.29 is 14.6 Å². The van der Waals surface area contributed by atoms with Gasteiger partial charge >= 0.3 is 0 Å². The van der Waals surface area contributed by atoms with Gasteiger partial charge in [-0.25, -0.2) is 0 Å². The third kappa shape index (κ3) is 3.74. The number of benzene rings is 1. The van der Waals surface area contributed by atoms with Crippen molar-refractivity contribution in [2.45, 2.75) is 50.5 Å². The summed E-state index contributed by atoms with van der Waals surface area (Å²) in [5, 5.41) is 13.7. The summed E-state index contributed by atoms with van der Waals surface area (Å²) < 4.78 is 5.60.